The smallest absolute Gasteiger partial charge is 0.122 e. The van der Waals surface area contributed by atoms with Crippen LogP contribution in [0.3, 0.4) is 0 Å². The highest BCUT2D eigenvalue weighted by atomic mass is 35.5. The quantitative estimate of drug-likeness (QED) is 0.814. The van der Waals surface area contributed by atoms with Crippen molar-refractivity contribution in [2.75, 3.05) is 6.54 Å². The van der Waals surface area contributed by atoms with Crippen molar-refractivity contribution in [1.29, 1.82) is 0 Å². The predicted octanol–water partition coefficient (Wildman–Crippen LogP) is 5.07. The van der Waals surface area contributed by atoms with Gasteiger partial charge in [0.25, 0.3) is 0 Å². The summed E-state index contributed by atoms with van der Waals surface area (Å²) in [5.74, 6) is 0.803. The zero-order chi connectivity index (χ0) is 14.9. The standard InChI is InChI=1S/C17H23Cl2NO/c1-2-7-20-15-11-16(17(15)5-3-4-6-17)21-14-9-12(18)8-13(19)10-14/h8-10,15-16,20H,2-7,11H2,1H3. The molecule has 116 valence electrons. The minimum atomic E-state index is 0.295. The van der Waals surface area contributed by atoms with E-state index < -0.39 is 0 Å². The van der Waals surface area contributed by atoms with Gasteiger partial charge in [0.05, 0.1) is 0 Å². The first kappa shape index (κ1) is 15.5. The summed E-state index contributed by atoms with van der Waals surface area (Å²) in [6, 6.07) is 6.08. The molecule has 1 spiro atoms. The molecule has 0 heterocycles. The van der Waals surface area contributed by atoms with E-state index in [1.54, 1.807) is 6.07 Å². The molecule has 0 saturated heterocycles. The number of ether oxygens (including phenoxy) is 1. The lowest BCUT2D eigenvalue weighted by Crippen LogP contribution is -2.63. The third-order valence-electron chi connectivity index (χ3n) is 5.07. The van der Waals surface area contributed by atoms with E-state index in [1.165, 1.54) is 32.1 Å². The number of halogens is 2. The minimum absolute atomic E-state index is 0.295. The Balaban J connectivity index is 1.71. The van der Waals surface area contributed by atoms with Crippen LogP contribution in [0.15, 0.2) is 18.2 Å². The average Bonchev–Trinajstić information content (AvgIpc) is 2.93. The number of benzene rings is 1. The van der Waals surface area contributed by atoms with Gasteiger partial charge >= 0.3 is 0 Å². The van der Waals surface area contributed by atoms with Crippen LogP contribution < -0.4 is 10.1 Å². The molecule has 0 aromatic heterocycles. The molecule has 2 unspecified atom stereocenters. The van der Waals surface area contributed by atoms with E-state index in [9.17, 15) is 0 Å². The van der Waals surface area contributed by atoms with Crippen LogP contribution in [-0.4, -0.2) is 18.7 Å². The fourth-order valence-corrected chi connectivity index (χ4v) is 4.49. The third kappa shape index (κ3) is 3.04. The molecule has 2 aliphatic rings. The van der Waals surface area contributed by atoms with Crippen molar-refractivity contribution in [3.05, 3.63) is 28.2 Å². The van der Waals surface area contributed by atoms with Crippen LogP contribution in [-0.2, 0) is 0 Å². The van der Waals surface area contributed by atoms with Crippen molar-refractivity contribution >= 4 is 23.2 Å². The van der Waals surface area contributed by atoms with E-state index >= 15 is 0 Å². The molecular weight excluding hydrogens is 305 g/mol. The van der Waals surface area contributed by atoms with E-state index in [0.717, 1.165) is 18.7 Å². The lowest BCUT2D eigenvalue weighted by Gasteiger charge is -2.54. The van der Waals surface area contributed by atoms with E-state index in [2.05, 4.69) is 12.2 Å². The SMILES string of the molecule is CCCNC1CC(Oc2cc(Cl)cc(Cl)c2)C12CCCC2. The molecule has 1 N–H and O–H groups in total. The van der Waals surface area contributed by atoms with Crippen LogP contribution >= 0.6 is 23.2 Å². The molecule has 4 heteroatoms. The first-order valence-corrected chi connectivity index (χ1v) is 8.76. The van der Waals surface area contributed by atoms with E-state index in [0.29, 0.717) is 27.6 Å². The summed E-state index contributed by atoms with van der Waals surface area (Å²) >= 11 is 12.1. The topological polar surface area (TPSA) is 21.3 Å². The molecule has 2 fully saturated rings. The van der Waals surface area contributed by atoms with Gasteiger partial charge in [0.1, 0.15) is 11.9 Å². The fourth-order valence-electron chi connectivity index (χ4n) is 3.98. The Morgan fingerprint density at radius 1 is 1.19 bits per heavy atom. The van der Waals surface area contributed by atoms with Crippen molar-refractivity contribution in [1.82, 2.24) is 5.32 Å². The number of hydrogen-bond acceptors (Lipinski definition) is 2. The maximum atomic E-state index is 6.25. The van der Waals surface area contributed by atoms with Gasteiger partial charge in [-0.05, 0) is 44.0 Å². The van der Waals surface area contributed by atoms with Gasteiger partial charge in [-0.3, -0.25) is 0 Å². The lowest BCUT2D eigenvalue weighted by molar-refractivity contribution is -0.0759. The molecule has 2 saturated carbocycles. The molecule has 3 rings (SSSR count). The summed E-state index contributed by atoms with van der Waals surface area (Å²) in [6.45, 7) is 3.32. The Morgan fingerprint density at radius 2 is 1.86 bits per heavy atom. The molecule has 21 heavy (non-hydrogen) atoms. The Morgan fingerprint density at radius 3 is 2.48 bits per heavy atom. The van der Waals surface area contributed by atoms with E-state index in [4.69, 9.17) is 27.9 Å². The van der Waals surface area contributed by atoms with Crippen LogP contribution in [0, 0.1) is 5.41 Å². The maximum absolute atomic E-state index is 6.25. The molecule has 2 atom stereocenters. The van der Waals surface area contributed by atoms with Crippen LogP contribution in [0.2, 0.25) is 10.0 Å². The fraction of sp³-hybridized carbons (Fsp3) is 0.647. The van der Waals surface area contributed by atoms with Crippen LogP contribution in [0.25, 0.3) is 0 Å². The van der Waals surface area contributed by atoms with Gasteiger partial charge in [0, 0.05) is 27.9 Å². The van der Waals surface area contributed by atoms with E-state index in [1.807, 2.05) is 12.1 Å². The minimum Gasteiger partial charge on any atom is -0.490 e. The second-order valence-corrected chi connectivity index (χ2v) is 7.27. The highest BCUT2D eigenvalue weighted by Gasteiger charge is 2.57. The third-order valence-corrected chi connectivity index (χ3v) is 5.51. The number of rotatable bonds is 5. The lowest BCUT2D eigenvalue weighted by atomic mass is 9.60. The largest absolute Gasteiger partial charge is 0.490 e. The second-order valence-electron chi connectivity index (χ2n) is 6.39. The summed E-state index contributed by atoms with van der Waals surface area (Å²) < 4.78 is 6.25. The molecule has 0 aliphatic heterocycles. The number of hydrogen-bond donors (Lipinski definition) is 1. The van der Waals surface area contributed by atoms with E-state index in [-0.39, 0.29) is 0 Å². The van der Waals surface area contributed by atoms with Gasteiger partial charge in [-0.1, -0.05) is 43.0 Å². The van der Waals surface area contributed by atoms with Crippen LogP contribution in [0.5, 0.6) is 5.75 Å². The summed E-state index contributed by atoms with van der Waals surface area (Å²) in [7, 11) is 0. The molecule has 2 aliphatic carbocycles. The van der Waals surface area contributed by atoms with Gasteiger partial charge < -0.3 is 10.1 Å². The second kappa shape index (κ2) is 6.36. The highest BCUT2D eigenvalue weighted by Crippen LogP contribution is 2.54. The maximum Gasteiger partial charge on any atom is 0.122 e. The summed E-state index contributed by atoms with van der Waals surface area (Å²) in [6.07, 6.45) is 7.75. The Bertz CT molecular complexity index is 479. The Kier molecular flexibility index (Phi) is 4.68. The summed E-state index contributed by atoms with van der Waals surface area (Å²) in [5, 5.41) is 4.98. The molecule has 0 radical (unpaired) electrons. The molecular formula is C17H23Cl2NO. The van der Waals surface area contributed by atoms with Crippen LogP contribution in [0.1, 0.15) is 45.4 Å². The zero-order valence-corrected chi connectivity index (χ0v) is 14.0. The summed E-state index contributed by atoms with van der Waals surface area (Å²) in [5.41, 5.74) is 0.323. The Labute approximate surface area is 137 Å². The Hall–Kier alpha value is -0.440. The monoisotopic (exact) mass is 327 g/mol. The van der Waals surface area contributed by atoms with Gasteiger partial charge in [-0.15, -0.1) is 0 Å². The van der Waals surface area contributed by atoms with Gasteiger partial charge in [0.2, 0.25) is 0 Å². The average molecular weight is 328 g/mol. The van der Waals surface area contributed by atoms with Crippen molar-refractivity contribution in [2.24, 2.45) is 5.41 Å². The molecule has 1 aromatic rings. The highest BCUT2D eigenvalue weighted by molar-refractivity contribution is 6.34. The van der Waals surface area contributed by atoms with Gasteiger partial charge in [-0.25, -0.2) is 0 Å². The molecule has 1 aromatic carbocycles. The van der Waals surface area contributed by atoms with Gasteiger partial charge in [-0.2, -0.15) is 0 Å². The van der Waals surface area contributed by atoms with Crippen molar-refractivity contribution in [2.45, 2.75) is 57.6 Å². The zero-order valence-electron chi connectivity index (χ0n) is 12.5. The van der Waals surface area contributed by atoms with Crippen LogP contribution in [0.4, 0.5) is 0 Å². The number of nitrogens with one attached hydrogen (secondary N) is 1. The predicted molar refractivity (Wildman–Crippen MR) is 88.5 cm³/mol. The van der Waals surface area contributed by atoms with Crippen molar-refractivity contribution in [3.63, 3.8) is 0 Å². The summed E-state index contributed by atoms with van der Waals surface area (Å²) in [4.78, 5) is 0. The van der Waals surface area contributed by atoms with Crippen molar-refractivity contribution < 1.29 is 4.74 Å². The normalized spacial score (nSPS) is 26.8. The molecule has 2 nitrogen and oxygen atoms in total. The van der Waals surface area contributed by atoms with Crippen molar-refractivity contribution in [3.8, 4) is 5.75 Å². The van der Waals surface area contributed by atoms with Gasteiger partial charge in [0.15, 0.2) is 0 Å². The molecule has 0 amide bonds. The molecule has 0 bridgehead atoms. The first-order valence-electron chi connectivity index (χ1n) is 8.00. The first-order chi connectivity index (χ1) is 10.1.